The number of hydrogen-bond acceptors (Lipinski definition) is 4. The van der Waals surface area contributed by atoms with Crippen LogP contribution in [0.15, 0.2) is 18.3 Å². The first-order chi connectivity index (χ1) is 8.36. The van der Waals surface area contributed by atoms with Crippen molar-refractivity contribution in [3.63, 3.8) is 0 Å². The van der Waals surface area contributed by atoms with Crippen molar-refractivity contribution >= 4 is 37.2 Å². The molecule has 1 aliphatic rings. The highest BCUT2D eigenvalue weighted by Gasteiger charge is 2.37. The van der Waals surface area contributed by atoms with Gasteiger partial charge in [0.15, 0.2) is 0 Å². The Bertz CT molecular complexity index is 576. The second-order valence-corrected chi connectivity index (χ2v) is 7.39. The Hall–Kier alpha value is -0.850. The van der Waals surface area contributed by atoms with Crippen LogP contribution in [0.4, 0.5) is 0 Å². The summed E-state index contributed by atoms with van der Waals surface area (Å²) in [4.78, 5) is 17.1. The first-order valence-electron chi connectivity index (χ1n) is 5.18. The lowest BCUT2D eigenvalue weighted by molar-refractivity contribution is -0.128. The van der Waals surface area contributed by atoms with Crippen molar-refractivity contribution in [1.82, 2.24) is 9.88 Å². The highest BCUT2D eigenvalue weighted by molar-refractivity contribution is 8.14. The van der Waals surface area contributed by atoms with Gasteiger partial charge in [-0.05, 0) is 12.1 Å². The Balaban J connectivity index is 2.10. The second kappa shape index (κ2) is 5.03. The van der Waals surface area contributed by atoms with Crippen LogP contribution in [0.5, 0.6) is 0 Å². The predicted molar refractivity (Wildman–Crippen MR) is 67.8 cm³/mol. The van der Waals surface area contributed by atoms with Gasteiger partial charge in [-0.1, -0.05) is 11.6 Å². The minimum Gasteiger partial charge on any atom is -0.335 e. The number of rotatable bonds is 3. The van der Waals surface area contributed by atoms with Gasteiger partial charge in [0, 0.05) is 34.9 Å². The van der Waals surface area contributed by atoms with E-state index in [1.807, 2.05) is 0 Å². The normalized spacial score (nSPS) is 20.4. The van der Waals surface area contributed by atoms with Gasteiger partial charge in [-0.15, -0.1) is 0 Å². The molecule has 1 amide bonds. The van der Waals surface area contributed by atoms with Crippen LogP contribution in [-0.4, -0.2) is 36.0 Å². The topological polar surface area (TPSA) is 67.3 Å². The zero-order chi connectivity index (χ0) is 13.3. The van der Waals surface area contributed by atoms with E-state index in [0.29, 0.717) is 10.7 Å². The van der Waals surface area contributed by atoms with E-state index >= 15 is 0 Å². The van der Waals surface area contributed by atoms with Crippen LogP contribution in [0.1, 0.15) is 12.1 Å². The Morgan fingerprint density at radius 3 is 2.78 bits per heavy atom. The third kappa shape index (κ3) is 3.13. The number of amides is 1. The van der Waals surface area contributed by atoms with Gasteiger partial charge in [0.25, 0.3) is 0 Å². The zero-order valence-corrected chi connectivity index (χ0v) is 11.5. The molecule has 2 heterocycles. The van der Waals surface area contributed by atoms with Crippen LogP contribution >= 0.6 is 22.3 Å². The first kappa shape index (κ1) is 13.6. The molecule has 1 saturated heterocycles. The summed E-state index contributed by atoms with van der Waals surface area (Å²) in [7, 11) is 1.55. The van der Waals surface area contributed by atoms with Gasteiger partial charge in [0.2, 0.25) is 15.0 Å². The molecule has 1 aromatic rings. The summed E-state index contributed by atoms with van der Waals surface area (Å²) in [5, 5.41) is -0.320. The summed E-state index contributed by atoms with van der Waals surface area (Å²) in [5.74, 6) is -0.244. The van der Waals surface area contributed by atoms with Crippen LogP contribution in [0.3, 0.4) is 0 Å². The van der Waals surface area contributed by atoms with Gasteiger partial charge < -0.3 is 4.90 Å². The van der Waals surface area contributed by atoms with Crippen LogP contribution in [0, 0.1) is 0 Å². The van der Waals surface area contributed by atoms with Crippen molar-refractivity contribution in [2.45, 2.75) is 18.2 Å². The lowest BCUT2D eigenvalue weighted by Gasteiger charge is -2.15. The van der Waals surface area contributed by atoms with E-state index in [9.17, 15) is 13.2 Å². The third-order valence-electron chi connectivity index (χ3n) is 2.71. The molecule has 1 fully saturated rings. The average molecular weight is 309 g/mol. The number of nitrogens with zero attached hydrogens (tertiary/aromatic N) is 2. The van der Waals surface area contributed by atoms with Gasteiger partial charge in [0.1, 0.15) is 5.25 Å². The highest BCUT2D eigenvalue weighted by atomic mass is 35.7. The maximum Gasteiger partial charge on any atom is 0.237 e. The van der Waals surface area contributed by atoms with Crippen LogP contribution in [-0.2, 0) is 20.4 Å². The minimum absolute atomic E-state index is 0.0770. The van der Waals surface area contributed by atoms with Gasteiger partial charge >= 0.3 is 0 Å². The lowest BCUT2D eigenvalue weighted by Crippen LogP contribution is -2.27. The molecule has 1 aromatic heterocycles. The second-order valence-electron chi connectivity index (χ2n) is 4.04. The van der Waals surface area contributed by atoms with Crippen molar-refractivity contribution in [2.75, 3.05) is 6.54 Å². The van der Waals surface area contributed by atoms with Crippen LogP contribution in [0.2, 0.25) is 5.02 Å². The SMILES string of the molecule is O=C1CC(S(=O)(=O)Cl)CN1Cc1cc(Cl)ccn1. The van der Waals surface area contributed by atoms with Crippen LogP contribution < -0.4 is 0 Å². The first-order valence-corrected chi connectivity index (χ1v) is 7.93. The van der Waals surface area contributed by atoms with Crippen molar-refractivity contribution < 1.29 is 13.2 Å². The number of carbonyl (C=O) groups excluding carboxylic acids is 1. The van der Waals surface area contributed by atoms with Crippen molar-refractivity contribution in [2.24, 2.45) is 0 Å². The minimum atomic E-state index is -3.71. The molecule has 0 spiro atoms. The smallest absolute Gasteiger partial charge is 0.237 e. The van der Waals surface area contributed by atoms with Crippen molar-refractivity contribution in [1.29, 1.82) is 0 Å². The van der Waals surface area contributed by atoms with E-state index in [0.717, 1.165) is 0 Å². The largest absolute Gasteiger partial charge is 0.335 e. The molecule has 1 unspecified atom stereocenters. The number of pyridine rings is 1. The fourth-order valence-electron chi connectivity index (χ4n) is 1.81. The molecule has 0 saturated carbocycles. The van der Waals surface area contributed by atoms with E-state index < -0.39 is 14.3 Å². The molecular weight excluding hydrogens is 299 g/mol. The number of hydrogen-bond donors (Lipinski definition) is 0. The summed E-state index contributed by atoms with van der Waals surface area (Å²) in [6.45, 7) is 0.334. The predicted octanol–water partition coefficient (Wildman–Crippen LogP) is 1.40. The third-order valence-corrected chi connectivity index (χ3v) is 4.81. The van der Waals surface area contributed by atoms with E-state index in [1.54, 1.807) is 12.1 Å². The summed E-state index contributed by atoms with van der Waals surface area (Å²) in [6, 6.07) is 3.26. The zero-order valence-electron chi connectivity index (χ0n) is 9.21. The number of likely N-dealkylation sites (tertiary alicyclic amines) is 1. The Morgan fingerprint density at radius 1 is 1.50 bits per heavy atom. The molecule has 0 aromatic carbocycles. The fourth-order valence-corrected chi connectivity index (χ4v) is 3.05. The van der Waals surface area contributed by atoms with Gasteiger partial charge in [-0.25, -0.2) is 8.42 Å². The van der Waals surface area contributed by atoms with Crippen molar-refractivity contribution in [3.8, 4) is 0 Å². The molecule has 0 aliphatic carbocycles. The molecule has 1 atom stereocenters. The maximum atomic E-state index is 11.7. The molecular formula is C10H10Cl2N2O3S. The molecule has 98 valence electrons. The van der Waals surface area contributed by atoms with Gasteiger partial charge in [0.05, 0.1) is 12.2 Å². The van der Waals surface area contributed by atoms with Gasteiger partial charge in [-0.3, -0.25) is 9.78 Å². The van der Waals surface area contributed by atoms with E-state index in [2.05, 4.69) is 4.98 Å². The average Bonchev–Trinajstić information content (AvgIpc) is 2.60. The summed E-state index contributed by atoms with van der Waals surface area (Å²) < 4.78 is 22.4. The maximum absolute atomic E-state index is 11.7. The monoisotopic (exact) mass is 308 g/mol. The lowest BCUT2D eigenvalue weighted by atomic mass is 10.3. The van der Waals surface area contributed by atoms with E-state index in [1.165, 1.54) is 11.1 Å². The standard InChI is InChI=1S/C10H10Cl2N2O3S/c11-7-1-2-13-8(3-7)5-14-6-9(4-10(14)15)18(12,16)17/h1-3,9H,4-6H2. The number of aromatic nitrogens is 1. The molecule has 5 nitrogen and oxygen atoms in total. The Morgan fingerprint density at radius 2 is 2.22 bits per heavy atom. The quantitative estimate of drug-likeness (QED) is 0.792. The molecule has 2 rings (SSSR count). The van der Waals surface area contributed by atoms with E-state index in [-0.39, 0.29) is 25.4 Å². The molecule has 0 bridgehead atoms. The number of carbonyl (C=O) groups is 1. The van der Waals surface area contributed by atoms with Gasteiger partial charge in [-0.2, -0.15) is 0 Å². The molecule has 0 radical (unpaired) electrons. The molecule has 1 aliphatic heterocycles. The fraction of sp³-hybridized carbons (Fsp3) is 0.400. The Labute approximate surface area is 114 Å². The summed E-state index contributed by atoms with van der Waals surface area (Å²) >= 11 is 5.81. The van der Waals surface area contributed by atoms with Crippen molar-refractivity contribution in [3.05, 3.63) is 29.0 Å². The Kier molecular flexibility index (Phi) is 3.79. The summed E-state index contributed by atoms with van der Waals surface area (Å²) in [5.41, 5.74) is 0.614. The summed E-state index contributed by atoms with van der Waals surface area (Å²) in [6.07, 6.45) is 1.46. The van der Waals surface area contributed by atoms with E-state index in [4.69, 9.17) is 22.3 Å². The van der Waals surface area contributed by atoms with Crippen LogP contribution in [0.25, 0.3) is 0 Å². The molecule has 18 heavy (non-hydrogen) atoms. The molecule has 8 heteroatoms. The highest BCUT2D eigenvalue weighted by Crippen LogP contribution is 2.22. The molecule has 0 N–H and O–H groups in total. The number of halogens is 2.